The van der Waals surface area contributed by atoms with Gasteiger partial charge in [-0.15, -0.1) is 6.58 Å². The first-order chi connectivity index (χ1) is 11.8. The second kappa shape index (κ2) is 20.5. The highest BCUT2D eigenvalue weighted by molar-refractivity contribution is 4.63. The topological polar surface area (TPSA) is 55.4 Å². The Labute approximate surface area is 147 Å². The SMILES string of the molecule is C=CCOCCOCCOCCOCCOCCOCC(C)CC. The largest absolute Gasteiger partial charge is 0.379 e. The van der Waals surface area contributed by atoms with Crippen LogP contribution in [-0.4, -0.2) is 79.3 Å². The molecule has 6 nitrogen and oxygen atoms in total. The fraction of sp³-hybridized carbons (Fsp3) is 0.889. The highest BCUT2D eigenvalue weighted by Crippen LogP contribution is 1.99. The smallest absolute Gasteiger partial charge is 0.0704 e. The van der Waals surface area contributed by atoms with Gasteiger partial charge >= 0.3 is 0 Å². The van der Waals surface area contributed by atoms with Crippen molar-refractivity contribution >= 4 is 0 Å². The summed E-state index contributed by atoms with van der Waals surface area (Å²) in [5.41, 5.74) is 0. The van der Waals surface area contributed by atoms with Crippen LogP contribution in [0.2, 0.25) is 0 Å². The van der Waals surface area contributed by atoms with Crippen molar-refractivity contribution in [3.05, 3.63) is 12.7 Å². The van der Waals surface area contributed by atoms with Crippen LogP contribution in [0.3, 0.4) is 0 Å². The fourth-order valence-corrected chi connectivity index (χ4v) is 1.57. The standard InChI is InChI=1S/C18H36O6/c1-4-6-19-7-8-20-9-10-21-11-12-22-13-14-23-15-16-24-17-18(3)5-2/h4,18H,1,5-17H2,2-3H3. The Morgan fingerprint density at radius 1 is 0.667 bits per heavy atom. The van der Waals surface area contributed by atoms with Gasteiger partial charge in [0, 0.05) is 6.61 Å². The molecule has 0 saturated carbocycles. The number of rotatable bonds is 20. The average Bonchev–Trinajstić information content (AvgIpc) is 2.60. The molecule has 0 radical (unpaired) electrons. The summed E-state index contributed by atoms with van der Waals surface area (Å²) in [6, 6.07) is 0. The third-order valence-corrected chi connectivity index (χ3v) is 3.20. The van der Waals surface area contributed by atoms with Crippen LogP contribution in [0.5, 0.6) is 0 Å². The van der Waals surface area contributed by atoms with Crippen molar-refractivity contribution in [3.63, 3.8) is 0 Å². The summed E-state index contributed by atoms with van der Waals surface area (Å²) < 4.78 is 32.2. The Kier molecular flexibility index (Phi) is 20.1. The summed E-state index contributed by atoms with van der Waals surface area (Å²) in [6.07, 6.45) is 2.86. The van der Waals surface area contributed by atoms with E-state index in [2.05, 4.69) is 20.4 Å². The molecular weight excluding hydrogens is 312 g/mol. The normalized spacial score (nSPS) is 12.4. The summed E-state index contributed by atoms with van der Waals surface area (Å²) >= 11 is 0. The predicted octanol–water partition coefficient (Wildman–Crippen LogP) is 2.32. The van der Waals surface area contributed by atoms with E-state index in [4.69, 9.17) is 28.4 Å². The molecule has 0 N–H and O–H groups in total. The summed E-state index contributed by atoms with van der Waals surface area (Å²) in [5.74, 6) is 0.615. The number of hydrogen-bond acceptors (Lipinski definition) is 6. The van der Waals surface area contributed by atoms with E-state index in [1.165, 1.54) is 0 Å². The van der Waals surface area contributed by atoms with Crippen LogP contribution in [0.4, 0.5) is 0 Å². The molecule has 6 heteroatoms. The molecule has 0 aromatic heterocycles. The fourth-order valence-electron chi connectivity index (χ4n) is 1.57. The molecule has 24 heavy (non-hydrogen) atoms. The van der Waals surface area contributed by atoms with Gasteiger partial charge in [-0.2, -0.15) is 0 Å². The maximum Gasteiger partial charge on any atom is 0.0704 e. The van der Waals surface area contributed by atoms with Crippen LogP contribution >= 0.6 is 0 Å². The summed E-state index contributed by atoms with van der Waals surface area (Å²) in [5, 5.41) is 0. The molecule has 0 saturated heterocycles. The van der Waals surface area contributed by atoms with Crippen LogP contribution in [0.25, 0.3) is 0 Å². The zero-order chi connectivity index (χ0) is 17.7. The highest BCUT2D eigenvalue weighted by Gasteiger charge is 1.98. The van der Waals surface area contributed by atoms with Gasteiger partial charge in [0.1, 0.15) is 0 Å². The Morgan fingerprint density at radius 3 is 1.42 bits per heavy atom. The molecule has 0 aliphatic carbocycles. The molecule has 0 bridgehead atoms. The van der Waals surface area contributed by atoms with E-state index in [9.17, 15) is 0 Å². The van der Waals surface area contributed by atoms with E-state index in [1.807, 2.05) is 0 Å². The van der Waals surface area contributed by atoms with E-state index >= 15 is 0 Å². The molecule has 1 atom stereocenters. The van der Waals surface area contributed by atoms with Crippen molar-refractivity contribution in [1.82, 2.24) is 0 Å². The van der Waals surface area contributed by atoms with Crippen molar-refractivity contribution < 1.29 is 28.4 Å². The van der Waals surface area contributed by atoms with Crippen molar-refractivity contribution in [3.8, 4) is 0 Å². The maximum atomic E-state index is 5.50. The van der Waals surface area contributed by atoms with Crippen molar-refractivity contribution in [2.24, 2.45) is 5.92 Å². The monoisotopic (exact) mass is 348 g/mol. The molecule has 144 valence electrons. The average molecular weight is 348 g/mol. The Morgan fingerprint density at radius 2 is 1.04 bits per heavy atom. The zero-order valence-electron chi connectivity index (χ0n) is 15.5. The lowest BCUT2D eigenvalue weighted by atomic mass is 10.1. The summed E-state index contributed by atoms with van der Waals surface area (Å²) in [6.45, 7) is 15.1. The molecule has 0 heterocycles. The molecule has 0 amide bonds. The first-order valence-corrected chi connectivity index (χ1v) is 8.88. The van der Waals surface area contributed by atoms with E-state index in [0.717, 1.165) is 13.0 Å². The van der Waals surface area contributed by atoms with Gasteiger partial charge in [0.15, 0.2) is 0 Å². The van der Waals surface area contributed by atoms with Gasteiger partial charge in [-0.05, 0) is 5.92 Å². The van der Waals surface area contributed by atoms with Gasteiger partial charge in [-0.3, -0.25) is 0 Å². The second-order valence-electron chi connectivity index (χ2n) is 5.40. The Bertz CT molecular complexity index is 250. The molecule has 0 aliphatic rings. The molecule has 0 rings (SSSR count). The van der Waals surface area contributed by atoms with Gasteiger partial charge in [0.05, 0.1) is 72.7 Å². The molecule has 1 unspecified atom stereocenters. The van der Waals surface area contributed by atoms with E-state index < -0.39 is 0 Å². The van der Waals surface area contributed by atoms with Crippen LogP contribution < -0.4 is 0 Å². The van der Waals surface area contributed by atoms with E-state index in [0.29, 0.717) is 78.6 Å². The van der Waals surface area contributed by atoms with Gasteiger partial charge < -0.3 is 28.4 Å². The lowest BCUT2D eigenvalue weighted by Crippen LogP contribution is -2.14. The van der Waals surface area contributed by atoms with Gasteiger partial charge in [-0.25, -0.2) is 0 Å². The third-order valence-electron chi connectivity index (χ3n) is 3.20. The quantitative estimate of drug-likeness (QED) is 0.249. The van der Waals surface area contributed by atoms with Crippen molar-refractivity contribution in [2.45, 2.75) is 20.3 Å². The third kappa shape index (κ3) is 19.5. The maximum absolute atomic E-state index is 5.50. The molecule has 0 fully saturated rings. The minimum atomic E-state index is 0.562. The highest BCUT2D eigenvalue weighted by atomic mass is 16.6. The molecular formula is C18H36O6. The molecule has 0 aliphatic heterocycles. The molecule has 0 aromatic rings. The lowest BCUT2D eigenvalue weighted by Gasteiger charge is -2.10. The summed E-state index contributed by atoms with van der Waals surface area (Å²) in [4.78, 5) is 0. The zero-order valence-corrected chi connectivity index (χ0v) is 15.5. The van der Waals surface area contributed by atoms with E-state index in [-0.39, 0.29) is 0 Å². The Balaban J connectivity index is 2.99. The van der Waals surface area contributed by atoms with Gasteiger partial charge in [-0.1, -0.05) is 26.3 Å². The second-order valence-corrected chi connectivity index (χ2v) is 5.40. The van der Waals surface area contributed by atoms with Gasteiger partial charge in [0.2, 0.25) is 0 Å². The van der Waals surface area contributed by atoms with E-state index in [1.54, 1.807) is 6.08 Å². The number of hydrogen-bond donors (Lipinski definition) is 0. The summed E-state index contributed by atoms with van der Waals surface area (Å²) in [7, 11) is 0. The van der Waals surface area contributed by atoms with Crippen molar-refractivity contribution in [1.29, 1.82) is 0 Å². The van der Waals surface area contributed by atoms with Crippen LogP contribution in [0, 0.1) is 5.92 Å². The molecule has 0 aromatic carbocycles. The lowest BCUT2D eigenvalue weighted by molar-refractivity contribution is -0.0172. The van der Waals surface area contributed by atoms with Crippen LogP contribution in [0.1, 0.15) is 20.3 Å². The first-order valence-electron chi connectivity index (χ1n) is 8.88. The molecule has 0 spiro atoms. The van der Waals surface area contributed by atoms with Crippen LogP contribution in [0.15, 0.2) is 12.7 Å². The van der Waals surface area contributed by atoms with Gasteiger partial charge in [0.25, 0.3) is 0 Å². The predicted molar refractivity (Wildman–Crippen MR) is 94.6 cm³/mol. The first kappa shape index (κ1) is 23.5. The van der Waals surface area contributed by atoms with Crippen molar-refractivity contribution in [2.75, 3.05) is 79.3 Å². The Hall–Kier alpha value is -0.500. The van der Waals surface area contributed by atoms with Crippen LogP contribution in [-0.2, 0) is 28.4 Å². The number of ether oxygens (including phenoxy) is 6. The minimum Gasteiger partial charge on any atom is -0.379 e. The minimum absolute atomic E-state index is 0.562.